The lowest BCUT2D eigenvalue weighted by Gasteiger charge is -2.38. The summed E-state index contributed by atoms with van der Waals surface area (Å²) in [5.74, 6) is 1.66. The van der Waals surface area contributed by atoms with E-state index in [4.69, 9.17) is 4.52 Å². The van der Waals surface area contributed by atoms with Gasteiger partial charge in [0.1, 0.15) is 0 Å². The van der Waals surface area contributed by atoms with E-state index in [2.05, 4.69) is 39.0 Å². The van der Waals surface area contributed by atoms with Crippen molar-refractivity contribution in [3.63, 3.8) is 0 Å². The average Bonchev–Trinajstić information content (AvgIpc) is 3.28. The quantitative estimate of drug-likeness (QED) is 0.679. The van der Waals surface area contributed by atoms with Crippen LogP contribution in [0.3, 0.4) is 0 Å². The Morgan fingerprint density at radius 3 is 2.55 bits per heavy atom. The van der Waals surface area contributed by atoms with Gasteiger partial charge in [0.2, 0.25) is 11.8 Å². The minimum absolute atomic E-state index is 0.0831. The van der Waals surface area contributed by atoms with E-state index in [9.17, 15) is 4.79 Å². The molecule has 2 heterocycles. The number of carbonyl (C=O) groups excluding carboxylic acids is 1. The Labute approximate surface area is 185 Å². The first-order valence-corrected chi connectivity index (χ1v) is 11.7. The lowest BCUT2D eigenvalue weighted by atomic mass is 9.94. The third kappa shape index (κ3) is 5.71. The van der Waals surface area contributed by atoms with Crippen molar-refractivity contribution in [3.8, 4) is 0 Å². The first kappa shape index (κ1) is 22.0. The maximum atomic E-state index is 12.7. The first-order valence-electron chi connectivity index (χ1n) is 11.7. The smallest absolute Gasteiger partial charge is 0.243 e. The second-order valence-electron chi connectivity index (χ2n) is 9.00. The van der Waals surface area contributed by atoms with Gasteiger partial charge in [-0.2, -0.15) is 4.98 Å². The van der Waals surface area contributed by atoms with Crippen LogP contribution < -0.4 is 0 Å². The van der Waals surface area contributed by atoms with E-state index >= 15 is 0 Å². The van der Waals surface area contributed by atoms with Gasteiger partial charge in [-0.25, -0.2) is 0 Å². The third-order valence-electron chi connectivity index (χ3n) is 6.88. The van der Waals surface area contributed by atoms with Crippen LogP contribution in [0.15, 0.2) is 34.9 Å². The van der Waals surface area contributed by atoms with Gasteiger partial charge in [-0.3, -0.25) is 14.6 Å². The summed E-state index contributed by atoms with van der Waals surface area (Å²) in [6.07, 6.45) is 6.81. The minimum Gasteiger partial charge on any atom is -0.342 e. The molecule has 168 valence electrons. The zero-order valence-corrected chi connectivity index (χ0v) is 18.9. The molecule has 1 saturated carbocycles. The van der Waals surface area contributed by atoms with Gasteiger partial charge >= 0.3 is 0 Å². The van der Waals surface area contributed by atoms with Crippen molar-refractivity contribution in [1.29, 1.82) is 0 Å². The molecule has 0 spiro atoms. The molecule has 1 aromatic heterocycles. The lowest BCUT2D eigenvalue weighted by Crippen LogP contribution is -2.51. The van der Waals surface area contributed by atoms with E-state index in [1.807, 2.05) is 30.1 Å². The van der Waals surface area contributed by atoms with Crippen LogP contribution in [0.4, 0.5) is 0 Å². The first-order chi connectivity index (χ1) is 15.1. The van der Waals surface area contributed by atoms with Crippen molar-refractivity contribution in [2.24, 2.45) is 0 Å². The third-order valence-corrected chi connectivity index (χ3v) is 6.88. The predicted octanol–water partition coefficient (Wildman–Crippen LogP) is 3.13. The van der Waals surface area contributed by atoms with Crippen molar-refractivity contribution >= 4 is 5.91 Å². The highest BCUT2D eigenvalue weighted by Crippen LogP contribution is 2.23. The average molecular weight is 426 g/mol. The summed E-state index contributed by atoms with van der Waals surface area (Å²) < 4.78 is 5.56. The van der Waals surface area contributed by atoms with Gasteiger partial charge in [0.25, 0.3) is 0 Å². The molecular formula is C24H35N5O2. The van der Waals surface area contributed by atoms with Gasteiger partial charge in [0.15, 0.2) is 5.82 Å². The molecule has 1 unspecified atom stereocenters. The highest BCUT2D eigenvalue weighted by atomic mass is 16.5. The van der Waals surface area contributed by atoms with Crippen LogP contribution in [0.25, 0.3) is 0 Å². The van der Waals surface area contributed by atoms with Gasteiger partial charge in [-0.05, 0) is 25.3 Å². The lowest BCUT2D eigenvalue weighted by molar-refractivity contribution is -0.134. The fraction of sp³-hybridized carbons (Fsp3) is 0.625. The molecule has 0 bridgehead atoms. The van der Waals surface area contributed by atoms with Crippen LogP contribution in [0, 0.1) is 0 Å². The number of likely N-dealkylation sites (N-methyl/N-ethyl adjacent to an activating group) is 1. The molecule has 1 atom stereocenters. The van der Waals surface area contributed by atoms with Crippen molar-refractivity contribution in [3.05, 3.63) is 47.6 Å². The zero-order chi connectivity index (χ0) is 21.6. The molecule has 1 aliphatic heterocycles. The Kier molecular flexibility index (Phi) is 7.35. The molecule has 0 radical (unpaired) electrons. The summed E-state index contributed by atoms with van der Waals surface area (Å²) in [5.41, 5.74) is 1.18. The normalized spacial score (nSPS) is 19.9. The number of aromatic nitrogens is 2. The molecule has 7 nitrogen and oxygen atoms in total. The topological polar surface area (TPSA) is 65.7 Å². The molecule has 2 aromatic rings. The van der Waals surface area contributed by atoms with E-state index in [0.29, 0.717) is 24.9 Å². The number of nitrogens with zero attached hydrogens (tertiary/aromatic N) is 5. The summed E-state index contributed by atoms with van der Waals surface area (Å²) >= 11 is 0. The second kappa shape index (κ2) is 10.4. The number of piperazine rings is 1. The molecule has 1 aliphatic carbocycles. The molecule has 31 heavy (non-hydrogen) atoms. The molecule has 0 N–H and O–H groups in total. The molecule has 1 aromatic carbocycles. The monoisotopic (exact) mass is 425 g/mol. The van der Waals surface area contributed by atoms with Crippen molar-refractivity contribution < 1.29 is 9.32 Å². The summed E-state index contributed by atoms with van der Waals surface area (Å²) in [6, 6.07) is 10.7. The Morgan fingerprint density at radius 2 is 1.84 bits per heavy atom. The van der Waals surface area contributed by atoms with Crippen LogP contribution in [-0.4, -0.2) is 76.6 Å². The van der Waals surface area contributed by atoms with Crippen LogP contribution in [-0.2, 0) is 11.2 Å². The maximum Gasteiger partial charge on any atom is 0.243 e. The molecule has 2 aliphatic rings. The van der Waals surface area contributed by atoms with E-state index in [0.717, 1.165) is 44.8 Å². The van der Waals surface area contributed by atoms with E-state index in [1.165, 1.54) is 24.8 Å². The van der Waals surface area contributed by atoms with Gasteiger partial charge in [0, 0.05) is 45.7 Å². The van der Waals surface area contributed by atoms with Crippen LogP contribution in [0.1, 0.15) is 62.3 Å². The summed E-state index contributed by atoms with van der Waals surface area (Å²) in [5, 5.41) is 4.17. The summed E-state index contributed by atoms with van der Waals surface area (Å²) in [7, 11) is 1.99. The van der Waals surface area contributed by atoms with E-state index in [-0.39, 0.29) is 11.9 Å². The molecular weight excluding hydrogens is 390 g/mol. The fourth-order valence-corrected chi connectivity index (χ4v) is 4.73. The minimum atomic E-state index is 0.0831. The maximum absolute atomic E-state index is 12.7. The Bertz CT molecular complexity index is 826. The number of benzene rings is 1. The number of rotatable bonds is 7. The molecule has 4 rings (SSSR count). The van der Waals surface area contributed by atoms with Gasteiger partial charge in [-0.15, -0.1) is 0 Å². The SMILES string of the molecule is CC(c1nc(Cc2ccccc2)no1)N1CCN(CC(=O)N(C)C2CCCCC2)CC1. The number of amides is 1. The number of hydrogen-bond donors (Lipinski definition) is 0. The molecule has 7 heteroatoms. The summed E-state index contributed by atoms with van der Waals surface area (Å²) in [6.45, 7) is 6.23. The van der Waals surface area contributed by atoms with Gasteiger partial charge < -0.3 is 9.42 Å². The largest absolute Gasteiger partial charge is 0.342 e. The highest BCUT2D eigenvalue weighted by Gasteiger charge is 2.28. The van der Waals surface area contributed by atoms with Crippen molar-refractivity contribution in [2.45, 2.75) is 57.5 Å². The number of carbonyl (C=O) groups is 1. The Morgan fingerprint density at radius 1 is 1.13 bits per heavy atom. The molecule has 2 fully saturated rings. The van der Waals surface area contributed by atoms with E-state index in [1.54, 1.807) is 0 Å². The highest BCUT2D eigenvalue weighted by molar-refractivity contribution is 5.78. The Balaban J connectivity index is 1.24. The van der Waals surface area contributed by atoms with E-state index < -0.39 is 0 Å². The van der Waals surface area contributed by atoms with Crippen molar-refractivity contribution in [1.82, 2.24) is 24.8 Å². The molecule has 1 saturated heterocycles. The fourth-order valence-electron chi connectivity index (χ4n) is 4.73. The zero-order valence-electron chi connectivity index (χ0n) is 18.9. The van der Waals surface area contributed by atoms with Crippen LogP contribution >= 0.6 is 0 Å². The predicted molar refractivity (Wildman–Crippen MR) is 120 cm³/mol. The summed E-state index contributed by atoms with van der Waals surface area (Å²) in [4.78, 5) is 24.0. The Hall–Kier alpha value is -2.25. The molecule has 1 amide bonds. The van der Waals surface area contributed by atoms with Crippen LogP contribution in [0.2, 0.25) is 0 Å². The van der Waals surface area contributed by atoms with Crippen LogP contribution in [0.5, 0.6) is 0 Å². The number of hydrogen-bond acceptors (Lipinski definition) is 6. The standard InChI is InChI=1S/C24H35N5O2/c1-19(24-25-22(26-31-24)17-20-9-5-3-6-10-20)29-15-13-28(14-16-29)18-23(30)27(2)21-11-7-4-8-12-21/h3,5-6,9-10,19,21H,4,7-8,11-18H2,1-2H3. The van der Waals surface area contributed by atoms with Gasteiger partial charge in [0.05, 0.1) is 12.6 Å². The van der Waals surface area contributed by atoms with Crippen molar-refractivity contribution in [2.75, 3.05) is 39.8 Å². The second-order valence-corrected chi connectivity index (χ2v) is 9.00. The van der Waals surface area contributed by atoms with Gasteiger partial charge in [-0.1, -0.05) is 54.8 Å².